The molecule has 698 valence electrons. The lowest BCUT2D eigenvalue weighted by molar-refractivity contribution is -0.385. The average Bonchev–Trinajstić information content (AvgIpc) is 0.772. The van der Waals surface area contributed by atoms with Crippen molar-refractivity contribution >= 4 is 51.4 Å². The van der Waals surface area contributed by atoms with Crippen LogP contribution in [0.4, 0.5) is 49.9 Å². The quantitative estimate of drug-likeness (QED) is 0.0103. The number of aromatic hydroxyl groups is 3. The van der Waals surface area contributed by atoms with Crippen LogP contribution in [-0.2, 0) is 21.0 Å². The molecule has 0 saturated heterocycles. The molecule has 0 spiro atoms. The molecule has 0 aliphatic heterocycles. The van der Waals surface area contributed by atoms with E-state index in [0.29, 0.717) is 57.3 Å². The fourth-order valence-electron chi connectivity index (χ4n) is 14.7. The number of hydrogen-bond acceptors (Lipinski definition) is 23. The number of non-ortho nitro benzene ring substituents is 4. The summed E-state index contributed by atoms with van der Waals surface area (Å²) in [5.74, 6) is 12.9. The summed E-state index contributed by atoms with van der Waals surface area (Å²) in [4.78, 5) is 56.1. The molecule has 29 heteroatoms. The number of benzene rings is 17. The Hall–Kier alpha value is -18.9. The number of halogens is 1. The van der Waals surface area contributed by atoms with E-state index in [0.717, 1.165) is 115 Å². The molecule has 0 saturated carbocycles. The molecule has 0 radical (unpaired) electrons. The molecule has 0 aliphatic rings. The van der Waals surface area contributed by atoms with E-state index in [9.17, 15) is 65.0 Å². The van der Waals surface area contributed by atoms with Gasteiger partial charge in [0, 0.05) is 94.4 Å². The summed E-state index contributed by atoms with van der Waals surface area (Å²) in [5.41, 5.74) is 27.5. The van der Waals surface area contributed by atoms with Crippen molar-refractivity contribution in [2.45, 2.75) is 43.9 Å². The predicted octanol–water partition coefficient (Wildman–Crippen LogP) is 26.1. The Morgan fingerprint density at radius 2 is 0.410 bits per heavy atom. The fourth-order valence-corrected chi connectivity index (χ4v) is 14.7. The van der Waals surface area contributed by atoms with Gasteiger partial charge in [0.25, 0.3) is 22.7 Å². The highest BCUT2D eigenvalue weighted by molar-refractivity contribution is 5.88. The van der Waals surface area contributed by atoms with Crippen molar-refractivity contribution in [1.29, 1.82) is 0 Å². The molecule has 0 aliphatic carbocycles. The van der Waals surface area contributed by atoms with Crippen LogP contribution in [0, 0.1) is 46.3 Å². The van der Waals surface area contributed by atoms with Gasteiger partial charge in [-0.05, 0) is 326 Å². The first-order valence-corrected chi connectivity index (χ1v) is 42.9. The second kappa shape index (κ2) is 45.0. The maximum Gasteiger partial charge on any atom is 0.269 e. The van der Waals surface area contributed by atoms with E-state index in [1.807, 2.05) is 218 Å². The zero-order chi connectivity index (χ0) is 98.8. The number of amides is 1. The summed E-state index contributed by atoms with van der Waals surface area (Å²) in [6.07, 6.45) is 0. The Labute approximate surface area is 797 Å². The number of rotatable bonds is 27. The number of nitro benzene ring substituents is 4. The number of nitro groups is 4. The van der Waals surface area contributed by atoms with E-state index in [1.54, 1.807) is 60.7 Å². The number of phenols is 3. The van der Waals surface area contributed by atoms with Crippen molar-refractivity contribution in [2.24, 2.45) is 5.90 Å². The van der Waals surface area contributed by atoms with Crippen molar-refractivity contribution < 1.29 is 77.5 Å². The molecule has 17 aromatic carbocycles. The molecule has 28 nitrogen and oxygen atoms in total. The number of phenolic OH excluding ortho intramolecular Hbond substituents is 3. The minimum Gasteiger partial charge on any atom is -0.508 e. The molecule has 1 amide bonds. The van der Waals surface area contributed by atoms with Crippen LogP contribution in [-0.4, -0.2) is 40.9 Å². The smallest absolute Gasteiger partial charge is 0.269 e. The fraction of sp³-hybridized carbons (Fsp3) is 0.0636. The Kier molecular flexibility index (Phi) is 31.6. The third-order valence-electron chi connectivity index (χ3n) is 22.5. The first-order chi connectivity index (χ1) is 66.8. The highest BCUT2D eigenvalue weighted by Crippen LogP contribution is 2.46. The van der Waals surface area contributed by atoms with Gasteiger partial charge in [0.1, 0.15) is 97.8 Å². The monoisotopic (exact) mass is 1860 g/mol. The molecule has 0 unspecified atom stereocenters. The average molecular weight is 1860 g/mol. The highest BCUT2D eigenvalue weighted by Gasteiger charge is 2.35. The summed E-state index contributed by atoms with van der Waals surface area (Å²) in [6.45, 7) is 7.83. The minimum atomic E-state index is -0.691. The number of carbonyl (C=O) groups excluding carboxylic acids is 1. The summed E-state index contributed by atoms with van der Waals surface area (Å²) in [7, 11) is 0. The van der Waals surface area contributed by atoms with Crippen LogP contribution in [0.5, 0.6) is 92.0 Å². The van der Waals surface area contributed by atoms with Gasteiger partial charge in [-0.1, -0.05) is 109 Å². The maximum absolute atomic E-state index is 12.1. The molecule has 0 heterocycles. The van der Waals surface area contributed by atoms with Crippen molar-refractivity contribution in [2.75, 3.05) is 22.5 Å². The van der Waals surface area contributed by atoms with E-state index >= 15 is 0 Å². The largest absolute Gasteiger partial charge is 0.508 e. The highest BCUT2D eigenvalue weighted by atomic mass is 19.1. The molecule has 17 rings (SSSR count). The molecule has 139 heavy (non-hydrogen) atoms. The Morgan fingerprint density at radius 1 is 0.259 bits per heavy atom. The lowest BCUT2D eigenvalue weighted by Gasteiger charge is -2.32. The summed E-state index contributed by atoms with van der Waals surface area (Å²) in [6, 6.07) is 119. The van der Waals surface area contributed by atoms with E-state index in [1.165, 1.54) is 79.7 Å². The van der Waals surface area contributed by atoms with Gasteiger partial charge in [-0.2, -0.15) is 5.90 Å². The van der Waals surface area contributed by atoms with Crippen molar-refractivity contribution in [3.05, 3.63) is 509 Å². The van der Waals surface area contributed by atoms with Crippen LogP contribution in [0.25, 0.3) is 0 Å². The number of ether oxygens (including phenoxy) is 6. The molecular formula is C110H92FN9O19. The Balaban J connectivity index is 0.000000164. The van der Waals surface area contributed by atoms with Crippen LogP contribution in [0.1, 0.15) is 77.8 Å². The normalized spacial score (nSPS) is 10.8. The van der Waals surface area contributed by atoms with Crippen LogP contribution >= 0.6 is 0 Å². The van der Waals surface area contributed by atoms with Crippen LogP contribution in [0.15, 0.2) is 413 Å². The summed E-state index contributed by atoms with van der Waals surface area (Å²) in [5, 5.41) is 74.4. The number of hydrogen-bond donors (Lipinski definition) is 8. The molecule has 17 aromatic rings. The number of nitrogen functional groups attached to an aromatic ring is 3. The van der Waals surface area contributed by atoms with Gasteiger partial charge in [0.2, 0.25) is 5.91 Å². The topological polar surface area (TPSA) is 431 Å². The second-order valence-electron chi connectivity index (χ2n) is 31.8. The molecule has 0 atom stereocenters. The molecule has 0 bridgehead atoms. The van der Waals surface area contributed by atoms with Gasteiger partial charge in [0.15, 0.2) is 0 Å². The van der Waals surface area contributed by atoms with Crippen LogP contribution < -0.4 is 61.7 Å². The van der Waals surface area contributed by atoms with Gasteiger partial charge in [-0.25, -0.2) is 4.39 Å². The number of anilines is 4. The van der Waals surface area contributed by atoms with E-state index in [4.69, 9.17) is 51.5 Å². The summed E-state index contributed by atoms with van der Waals surface area (Å²) < 4.78 is 48.2. The molecule has 0 fully saturated rings. The van der Waals surface area contributed by atoms with Crippen molar-refractivity contribution in [3.8, 4) is 92.0 Å². The Morgan fingerprint density at radius 3 is 0.576 bits per heavy atom. The third kappa shape index (κ3) is 25.9. The zero-order valence-electron chi connectivity index (χ0n) is 75.1. The third-order valence-corrected chi connectivity index (χ3v) is 22.5. The van der Waals surface area contributed by atoms with Crippen LogP contribution in [0.2, 0.25) is 0 Å². The van der Waals surface area contributed by atoms with Gasteiger partial charge < -0.3 is 71.1 Å². The Bertz CT molecular complexity index is 6400. The number of nitrogens with two attached hydrogens (primary N) is 4. The number of carbonyl (C=O) groups is 1. The first-order valence-electron chi connectivity index (χ1n) is 42.9. The zero-order valence-corrected chi connectivity index (χ0v) is 75.1. The number of nitrogens with zero attached hydrogens (tertiary/aromatic N) is 4. The molecular weight excluding hydrogens is 1770 g/mol. The number of nitrogens with one attached hydrogen (secondary N) is 1. The standard InChI is InChI=1S/C38H27N3O9.C38H33N3O3.C20H18O3.C8H10N2O2.C6H4FNO2/c1-38(26-2-14-32(15-3-26)48-35-20-8-29(9-21-35)39(42)43,27-4-16-33(17-5-27)49-36-22-10-30(11-23-36)40(44)45)28-6-18-34(19-7-28)50-37-24-12-31(13-25-37)41(46)47;1-38(26-2-14-32(15-3-26)42-35-20-8-29(39)9-21-35,27-4-16-33(17-5-27)43-36-22-10-30(40)11-23-36)28-6-18-34(19-7-28)44-37-24-12-31(41)13-25-37;1-20(14-2-8-17(21)9-3-14,15-4-10-18(22)11-5-15)16-6-12-19(23)13-7-16;1-6(11)10-7-2-4-8(12-9)5-3-7;7-5-1-3-6(4-2-5)8(9)10/h2-25H,1H3;2-25H,39-41H2,1H3;2-13,21-23H,1H3;2-5H,9H2,1H3,(H,10,11);1-4H. The van der Waals surface area contributed by atoms with E-state index in [2.05, 4.69) is 67.3 Å². The lowest BCUT2D eigenvalue weighted by Crippen LogP contribution is -2.25. The predicted molar refractivity (Wildman–Crippen MR) is 531 cm³/mol. The van der Waals surface area contributed by atoms with Crippen molar-refractivity contribution in [3.63, 3.8) is 0 Å². The molecule has 12 N–H and O–H groups in total. The van der Waals surface area contributed by atoms with E-state index in [-0.39, 0.29) is 45.9 Å². The maximum atomic E-state index is 12.1. The van der Waals surface area contributed by atoms with Gasteiger partial charge >= 0.3 is 0 Å². The first kappa shape index (κ1) is 97.6. The second-order valence-corrected chi connectivity index (χ2v) is 31.8. The minimum absolute atomic E-state index is 0.0308. The SMILES string of the molecule is CC(=O)Nc1ccc(ON)cc1.CC(c1ccc(O)cc1)(c1ccc(O)cc1)c1ccc(O)cc1.CC(c1ccc(Oc2ccc(N)cc2)cc1)(c1ccc(Oc2ccc(N)cc2)cc1)c1ccc(Oc2ccc(N)cc2)cc1.CC(c1ccc(Oc2ccc([N+](=O)[O-])cc2)cc1)(c1ccc(Oc2ccc([N+](=O)[O-])cc2)cc1)c1ccc(Oc2ccc([N+](=O)[O-])cc2)cc1.O=[N+]([O-])c1ccc(F)cc1. The lowest BCUT2D eigenvalue weighted by atomic mass is 9.71. The van der Waals surface area contributed by atoms with Crippen molar-refractivity contribution in [1.82, 2.24) is 0 Å². The van der Waals surface area contributed by atoms with Crippen LogP contribution in [0.3, 0.4) is 0 Å². The van der Waals surface area contributed by atoms with Gasteiger partial charge in [-0.3, -0.25) is 45.3 Å². The molecule has 0 aromatic heterocycles. The summed E-state index contributed by atoms with van der Waals surface area (Å²) >= 11 is 0. The van der Waals surface area contributed by atoms with Gasteiger partial charge in [-0.15, -0.1) is 0 Å². The van der Waals surface area contributed by atoms with Gasteiger partial charge in [0.05, 0.1) is 19.7 Å². The van der Waals surface area contributed by atoms with E-state index < -0.39 is 41.8 Å².